The van der Waals surface area contributed by atoms with Crippen molar-refractivity contribution in [1.82, 2.24) is 5.32 Å². The van der Waals surface area contributed by atoms with E-state index in [9.17, 15) is 4.79 Å². The van der Waals surface area contributed by atoms with Crippen LogP contribution in [0.3, 0.4) is 0 Å². The van der Waals surface area contributed by atoms with Crippen LogP contribution in [0.4, 0.5) is 0 Å². The Morgan fingerprint density at radius 3 is 2.53 bits per heavy atom. The molecule has 0 saturated heterocycles. The topological polar surface area (TPSA) is 38.3 Å². The molecule has 0 aliphatic heterocycles. The fraction of sp³-hybridized carbons (Fsp3) is 0.438. The molecule has 19 heavy (non-hydrogen) atoms. The number of terminal acetylenes is 1. The summed E-state index contributed by atoms with van der Waals surface area (Å²) in [5.41, 5.74) is -0.0254. The summed E-state index contributed by atoms with van der Waals surface area (Å²) in [6.07, 6.45) is 5.32. The van der Waals surface area contributed by atoms with Crippen molar-refractivity contribution in [3.05, 3.63) is 35.9 Å². The number of rotatable bonds is 6. The molecule has 0 amide bonds. The lowest BCUT2D eigenvalue weighted by atomic mass is 9.79. The van der Waals surface area contributed by atoms with Crippen molar-refractivity contribution in [3.63, 3.8) is 0 Å². The summed E-state index contributed by atoms with van der Waals surface area (Å²) in [5, 5.41) is 3.17. The maximum Gasteiger partial charge on any atom is 0.331 e. The minimum Gasteiger partial charge on any atom is -0.464 e. The number of nitrogens with one attached hydrogen (secondary N) is 1. The van der Waals surface area contributed by atoms with Gasteiger partial charge in [-0.15, -0.1) is 6.42 Å². The lowest BCUT2D eigenvalue weighted by Gasteiger charge is -2.36. The minimum atomic E-state index is -0.899. The predicted octanol–water partition coefficient (Wildman–Crippen LogP) is 2.32. The van der Waals surface area contributed by atoms with Crippen LogP contribution in [0.15, 0.2) is 30.3 Å². The second-order valence-corrected chi connectivity index (χ2v) is 4.61. The molecule has 0 aliphatic carbocycles. The highest BCUT2D eigenvalue weighted by atomic mass is 16.5. The van der Waals surface area contributed by atoms with E-state index in [1.54, 1.807) is 6.92 Å². The van der Waals surface area contributed by atoms with Crippen LogP contribution in [0.5, 0.6) is 0 Å². The smallest absolute Gasteiger partial charge is 0.331 e. The summed E-state index contributed by atoms with van der Waals surface area (Å²) in [6.45, 7) is 6.42. The van der Waals surface area contributed by atoms with Gasteiger partial charge in [0.05, 0.1) is 13.2 Å². The van der Waals surface area contributed by atoms with E-state index >= 15 is 0 Å². The van der Waals surface area contributed by atoms with Crippen LogP contribution < -0.4 is 5.32 Å². The van der Waals surface area contributed by atoms with Crippen LogP contribution in [-0.4, -0.2) is 19.1 Å². The zero-order valence-corrected chi connectivity index (χ0v) is 11.8. The van der Waals surface area contributed by atoms with Gasteiger partial charge in [-0.3, -0.25) is 5.32 Å². The molecule has 1 aromatic carbocycles. The molecule has 0 radical (unpaired) electrons. The summed E-state index contributed by atoms with van der Waals surface area (Å²) in [4.78, 5) is 12.5. The molecule has 102 valence electrons. The average Bonchev–Trinajstić information content (AvgIpc) is 2.41. The number of hydrogen-bond donors (Lipinski definition) is 1. The Hall–Kier alpha value is -1.79. The van der Waals surface area contributed by atoms with E-state index in [0.29, 0.717) is 13.2 Å². The highest BCUT2D eigenvalue weighted by Crippen LogP contribution is 2.31. The molecule has 3 heteroatoms. The van der Waals surface area contributed by atoms with E-state index in [2.05, 4.69) is 11.2 Å². The molecule has 0 bridgehead atoms. The van der Waals surface area contributed by atoms with Crippen molar-refractivity contribution in [3.8, 4) is 12.3 Å². The van der Waals surface area contributed by atoms with E-state index < -0.39 is 5.54 Å². The van der Waals surface area contributed by atoms with Gasteiger partial charge in [-0.2, -0.15) is 0 Å². The van der Waals surface area contributed by atoms with Crippen molar-refractivity contribution < 1.29 is 9.53 Å². The third kappa shape index (κ3) is 3.15. The first-order chi connectivity index (χ1) is 9.09. The molecule has 1 N–H and O–H groups in total. The molecule has 1 aromatic rings. The molecular formula is C16H21NO2. The van der Waals surface area contributed by atoms with Crippen LogP contribution in [0.25, 0.3) is 0 Å². The molecular weight excluding hydrogens is 238 g/mol. The summed E-state index contributed by atoms with van der Waals surface area (Å²) >= 11 is 0. The largest absolute Gasteiger partial charge is 0.464 e. The molecule has 0 fully saturated rings. The van der Waals surface area contributed by atoms with Crippen molar-refractivity contribution in [2.45, 2.75) is 26.3 Å². The van der Waals surface area contributed by atoms with Gasteiger partial charge in [-0.25, -0.2) is 4.79 Å². The van der Waals surface area contributed by atoms with E-state index in [0.717, 1.165) is 5.56 Å². The molecule has 1 rings (SSSR count). The lowest BCUT2D eigenvalue weighted by Crippen LogP contribution is -2.54. The minimum absolute atomic E-state index is 0.0160. The van der Waals surface area contributed by atoms with Crippen molar-refractivity contribution in [2.24, 2.45) is 5.92 Å². The third-order valence-corrected chi connectivity index (χ3v) is 3.16. The van der Waals surface area contributed by atoms with E-state index in [1.165, 1.54) is 0 Å². The molecule has 0 aromatic heterocycles. The normalized spacial score (nSPS) is 13.6. The maximum atomic E-state index is 12.5. The number of hydrogen-bond acceptors (Lipinski definition) is 3. The van der Waals surface area contributed by atoms with Crippen molar-refractivity contribution >= 4 is 5.97 Å². The zero-order chi connectivity index (χ0) is 14.3. The summed E-state index contributed by atoms with van der Waals surface area (Å²) < 4.78 is 5.25. The third-order valence-electron chi connectivity index (χ3n) is 3.16. The Bertz CT molecular complexity index is 448. The van der Waals surface area contributed by atoms with Gasteiger partial charge in [0.25, 0.3) is 0 Å². The number of carbonyl (C=O) groups is 1. The lowest BCUT2D eigenvalue weighted by molar-refractivity contribution is -0.154. The van der Waals surface area contributed by atoms with Gasteiger partial charge in [0.1, 0.15) is 5.54 Å². The van der Waals surface area contributed by atoms with Crippen LogP contribution in [0.2, 0.25) is 0 Å². The van der Waals surface area contributed by atoms with Gasteiger partial charge < -0.3 is 4.74 Å². The number of carbonyl (C=O) groups excluding carboxylic acids is 1. The van der Waals surface area contributed by atoms with Gasteiger partial charge in [0, 0.05) is 0 Å². The number of benzene rings is 1. The van der Waals surface area contributed by atoms with E-state index in [4.69, 9.17) is 11.2 Å². The fourth-order valence-corrected chi connectivity index (χ4v) is 2.20. The maximum absolute atomic E-state index is 12.5. The molecule has 0 aliphatic rings. The van der Waals surface area contributed by atoms with Crippen LogP contribution in [0.1, 0.15) is 26.3 Å². The molecule has 3 nitrogen and oxygen atoms in total. The summed E-state index contributed by atoms with van der Waals surface area (Å²) in [7, 11) is 0. The standard InChI is InChI=1S/C16H21NO2/c1-5-12-17-16(13(3)4,15(18)19-6-2)14-10-8-7-9-11-14/h1,7-11,13,17H,6,12H2,2-4H3. The first-order valence-corrected chi connectivity index (χ1v) is 6.50. The van der Waals surface area contributed by atoms with E-state index in [-0.39, 0.29) is 11.9 Å². The van der Waals surface area contributed by atoms with E-state index in [1.807, 2.05) is 44.2 Å². The second kappa shape index (κ2) is 6.96. The average molecular weight is 259 g/mol. The Kier molecular flexibility index (Phi) is 5.59. The Labute approximate surface area is 115 Å². The highest BCUT2D eigenvalue weighted by molar-refractivity contribution is 5.83. The van der Waals surface area contributed by atoms with Crippen LogP contribution in [-0.2, 0) is 15.1 Å². The van der Waals surface area contributed by atoms with Gasteiger partial charge in [-0.05, 0) is 18.4 Å². The monoisotopic (exact) mass is 259 g/mol. The summed E-state index contributed by atoms with van der Waals surface area (Å²) in [6, 6.07) is 9.56. The molecule has 0 saturated carbocycles. The van der Waals surface area contributed by atoms with Gasteiger partial charge >= 0.3 is 5.97 Å². The summed E-state index contributed by atoms with van der Waals surface area (Å²) in [5.74, 6) is 2.26. The van der Waals surface area contributed by atoms with Crippen molar-refractivity contribution in [1.29, 1.82) is 0 Å². The highest BCUT2D eigenvalue weighted by Gasteiger charge is 2.44. The van der Waals surface area contributed by atoms with Crippen LogP contribution >= 0.6 is 0 Å². The Balaban J connectivity index is 3.27. The molecule has 1 atom stereocenters. The van der Waals surface area contributed by atoms with Gasteiger partial charge in [0.15, 0.2) is 0 Å². The fourth-order valence-electron chi connectivity index (χ4n) is 2.20. The Morgan fingerprint density at radius 1 is 1.42 bits per heavy atom. The SMILES string of the molecule is C#CCNC(C(=O)OCC)(c1ccccc1)C(C)C. The number of esters is 1. The van der Waals surface area contributed by atoms with Gasteiger partial charge in [0.2, 0.25) is 0 Å². The van der Waals surface area contributed by atoms with Crippen LogP contribution in [0, 0.1) is 18.3 Å². The molecule has 0 heterocycles. The predicted molar refractivity (Wildman–Crippen MR) is 76.4 cm³/mol. The molecule has 1 unspecified atom stereocenters. The molecule has 0 spiro atoms. The number of ether oxygens (including phenoxy) is 1. The second-order valence-electron chi connectivity index (χ2n) is 4.61. The first kappa shape index (κ1) is 15.3. The zero-order valence-electron chi connectivity index (χ0n) is 11.8. The quantitative estimate of drug-likeness (QED) is 0.629. The Morgan fingerprint density at radius 2 is 2.05 bits per heavy atom. The van der Waals surface area contributed by atoms with Gasteiger partial charge in [-0.1, -0.05) is 50.1 Å². The van der Waals surface area contributed by atoms with Crippen molar-refractivity contribution in [2.75, 3.05) is 13.2 Å². The first-order valence-electron chi connectivity index (χ1n) is 6.50.